The lowest BCUT2D eigenvalue weighted by Gasteiger charge is -2.32. The molecule has 1 aliphatic rings. The van der Waals surface area contributed by atoms with Gasteiger partial charge in [-0.1, -0.05) is 28.1 Å². The van der Waals surface area contributed by atoms with Gasteiger partial charge in [0.2, 0.25) is 0 Å². The van der Waals surface area contributed by atoms with E-state index in [1.807, 2.05) is 27.0 Å². The fourth-order valence-electron chi connectivity index (χ4n) is 3.11. The first-order valence-electron chi connectivity index (χ1n) is 9.02. The van der Waals surface area contributed by atoms with E-state index in [9.17, 15) is 4.79 Å². The van der Waals surface area contributed by atoms with Crippen molar-refractivity contribution < 1.29 is 9.53 Å². The highest BCUT2D eigenvalue weighted by molar-refractivity contribution is 9.10. The summed E-state index contributed by atoms with van der Waals surface area (Å²) in [7, 11) is 0. The van der Waals surface area contributed by atoms with Gasteiger partial charge in [-0.25, -0.2) is 9.78 Å². The number of aromatic amines is 1. The van der Waals surface area contributed by atoms with Crippen LogP contribution in [0.25, 0.3) is 11.3 Å². The van der Waals surface area contributed by atoms with Crippen LogP contribution < -0.4 is 0 Å². The van der Waals surface area contributed by atoms with E-state index in [0.717, 1.165) is 34.4 Å². The number of benzene rings is 1. The van der Waals surface area contributed by atoms with Gasteiger partial charge in [-0.15, -0.1) is 0 Å². The van der Waals surface area contributed by atoms with Crippen LogP contribution in [0.1, 0.15) is 50.9 Å². The van der Waals surface area contributed by atoms with Gasteiger partial charge in [0.15, 0.2) is 0 Å². The predicted molar refractivity (Wildman–Crippen MR) is 106 cm³/mol. The van der Waals surface area contributed by atoms with Crippen LogP contribution in [0, 0.1) is 6.92 Å². The molecule has 0 radical (unpaired) electrons. The van der Waals surface area contributed by atoms with Crippen molar-refractivity contribution in [2.24, 2.45) is 0 Å². The lowest BCUT2D eigenvalue weighted by molar-refractivity contribution is 0.0203. The normalized spacial score (nSPS) is 16.0. The summed E-state index contributed by atoms with van der Waals surface area (Å²) in [5.41, 5.74) is 2.90. The zero-order chi connectivity index (χ0) is 18.9. The minimum Gasteiger partial charge on any atom is -0.444 e. The maximum Gasteiger partial charge on any atom is 0.410 e. The molecular weight excluding hydrogens is 394 g/mol. The maximum absolute atomic E-state index is 12.2. The molecule has 1 aliphatic heterocycles. The van der Waals surface area contributed by atoms with E-state index < -0.39 is 5.60 Å². The van der Waals surface area contributed by atoms with Gasteiger partial charge in [0.05, 0.1) is 11.9 Å². The average Bonchev–Trinajstić information content (AvgIpc) is 3.06. The topological polar surface area (TPSA) is 58.2 Å². The first kappa shape index (κ1) is 19.0. The quantitative estimate of drug-likeness (QED) is 0.721. The molecule has 1 aromatic heterocycles. The van der Waals surface area contributed by atoms with Crippen LogP contribution in [0.5, 0.6) is 0 Å². The van der Waals surface area contributed by atoms with Crippen LogP contribution in [0.15, 0.2) is 28.9 Å². The van der Waals surface area contributed by atoms with Crippen molar-refractivity contribution in [1.82, 2.24) is 14.9 Å². The molecule has 6 heteroatoms. The average molecular weight is 420 g/mol. The summed E-state index contributed by atoms with van der Waals surface area (Å²) in [5, 5.41) is 0. The molecule has 0 spiro atoms. The van der Waals surface area contributed by atoms with Gasteiger partial charge in [0.25, 0.3) is 0 Å². The number of hydrogen-bond acceptors (Lipinski definition) is 3. The van der Waals surface area contributed by atoms with Crippen molar-refractivity contribution in [3.8, 4) is 11.3 Å². The Morgan fingerprint density at radius 1 is 1.31 bits per heavy atom. The molecule has 0 aliphatic carbocycles. The van der Waals surface area contributed by atoms with Crippen molar-refractivity contribution in [1.29, 1.82) is 0 Å². The molecule has 0 atom stereocenters. The second kappa shape index (κ2) is 7.43. The Hall–Kier alpha value is -1.82. The molecular formula is C20H26BrN3O2. The number of H-pyrrole nitrogens is 1. The third-order valence-corrected chi connectivity index (χ3v) is 5.47. The first-order chi connectivity index (χ1) is 12.2. The van der Waals surface area contributed by atoms with E-state index in [4.69, 9.17) is 4.74 Å². The molecule has 3 rings (SSSR count). The molecule has 0 bridgehead atoms. The van der Waals surface area contributed by atoms with Gasteiger partial charge in [0, 0.05) is 29.0 Å². The zero-order valence-electron chi connectivity index (χ0n) is 15.8. The van der Waals surface area contributed by atoms with E-state index in [2.05, 4.69) is 51.0 Å². The summed E-state index contributed by atoms with van der Waals surface area (Å²) in [5.74, 6) is 1.34. The number of amides is 1. The molecule has 140 valence electrons. The molecule has 1 fully saturated rings. The van der Waals surface area contributed by atoms with Crippen LogP contribution in [0.4, 0.5) is 4.79 Å². The van der Waals surface area contributed by atoms with Gasteiger partial charge in [0.1, 0.15) is 11.4 Å². The monoisotopic (exact) mass is 419 g/mol. The van der Waals surface area contributed by atoms with Crippen molar-refractivity contribution >= 4 is 22.0 Å². The zero-order valence-corrected chi connectivity index (χ0v) is 17.4. The summed E-state index contributed by atoms with van der Waals surface area (Å²) < 4.78 is 6.55. The van der Waals surface area contributed by atoms with E-state index >= 15 is 0 Å². The highest BCUT2D eigenvalue weighted by Gasteiger charge is 2.28. The van der Waals surface area contributed by atoms with Crippen LogP contribution in [0.2, 0.25) is 0 Å². The summed E-state index contributed by atoms with van der Waals surface area (Å²) in [4.78, 5) is 22.0. The molecule has 1 N–H and O–H groups in total. The van der Waals surface area contributed by atoms with Gasteiger partial charge in [-0.3, -0.25) is 0 Å². The van der Waals surface area contributed by atoms with Crippen molar-refractivity contribution in [2.75, 3.05) is 13.1 Å². The highest BCUT2D eigenvalue weighted by atomic mass is 79.9. The number of piperidine rings is 1. The molecule has 26 heavy (non-hydrogen) atoms. The number of hydrogen-bond donors (Lipinski definition) is 1. The molecule has 1 aromatic carbocycles. The minimum absolute atomic E-state index is 0.222. The van der Waals surface area contributed by atoms with Crippen molar-refractivity contribution in [2.45, 2.75) is 52.1 Å². The van der Waals surface area contributed by atoms with Crippen LogP contribution in [-0.2, 0) is 4.74 Å². The summed E-state index contributed by atoms with van der Waals surface area (Å²) in [6.45, 7) is 9.16. The van der Waals surface area contributed by atoms with Crippen LogP contribution >= 0.6 is 15.9 Å². The Labute approximate surface area is 163 Å². The largest absolute Gasteiger partial charge is 0.444 e. The van der Waals surface area contributed by atoms with Crippen LogP contribution in [0.3, 0.4) is 0 Å². The number of likely N-dealkylation sites (tertiary alicyclic amines) is 1. The SMILES string of the molecule is Cc1ccc(-c2cnc(C3CCN(C(=O)OC(C)(C)C)CC3)[nH]2)cc1Br. The number of nitrogens with zero attached hydrogens (tertiary/aromatic N) is 2. The molecule has 2 aromatic rings. The summed E-state index contributed by atoms with van der Waals surface area (Å²) in [6.07, 6.45) is 3.46. The molecule has 1 saturated heterocycles. The van der Waals surface area contributed by atoms with E-state index in [-0.39, 0.29) is 6.09 Å². The lowest BCUT2D eigenvalue weighted by Crippen LogP contribution is -2.41. The number of nitrogens with one attached hydrogen (secondary N) is 1. The fourth-order valence-corrected chi connectivity index (χ4v) is 3.49. The van der Waals surface area contributed by atoms with Gasteiger partial charge in [-0.05, 0) is 52.2 Å². The fraction of sp³-hybridized carbons (Fsp3) is 0.500. The molecule has 5 nitrogen and oxygen atoms in total. The first-order valence-corrected chi connectivity index (χ1v) is 9.81. The molecule has 0 unspecified atom stereocenters. The Kier molecular flexibility index (Phi) is 5.42. The maximum atomic E-state index is 12.2. The third-order valence-electron chi connectivity index (χ3n) is 4.61. The van der Waals surface area contributed by atoms with Crippen molar-refractivity contribution in [3.63, 3.8) is 0 Å². The van der Waals surface area contributed by atoms with Gasteiger partial charge >= 0.3 is 6.09 Å². The minimum atomic E-state index is -0.452. The van der Waals surface area contributed by atoms with E-state index in [1.54, 1.807) is 4.90 Å². The predicted octanol–water partition coefficient (Wildman–Crippen LogP) is 5.26. The number of carbonyl (C=O) groups is 1. The van der Waals surface area contributed by atoms with Gasteiger partial charge < -0.3 is 14.6 Å². The molecule has 0 saturated carbocycles. The number of aromatic nitrogens is 2. The van der Waals surface area contributed by atoms with Gasteiger partial charge in [-0.2, -0.15) is 0 Å². The molecule has 1 amide bonds. The van der Waals surface area contributed by atoms with E-state index in [1.165, 1.54) is 5.56 Å². The number of aryl methyl sites for hydroxylation is 1. The summed E-state index contributed by atoms with van der Waals surface area (Å²) >= 11 is 3.58. The number of rotatable bonds is 2. The van der Waals surface area contributed by atoms with Crippen molar-refractivity contribution in [3.05, 3.63) is 40.3 Å². The number of carbonyl (C=O) groups excluding carboxylic acids is 1. The van der Waals surface area contributed by atoms with E-state index in [0.29, 0.717) is 19.0 Å². The second-order valence-corrected chi connectivity index (χ2v) is 8.74. The molecule has 2 heterocycles. The Morgan fingerprint density at radius 2 is 2.00 bits per heavy atom. The number of halogens is 1. The second-order valence-electron chi connectivity index (χ2n) is 7.89. The Morgan fingerprint density at radius 3 is 2.62 bits per heavy atom. The smallest absolute Gasteiger partial charge is 0.410 e. The standard InChI is InChI=1S/C20H26BrN3O2/c1-13-5-6-15(11-16(13)21)17-12-22-18(23-17)14-7-9-24(10-8-14)19(25)26-20(2,3)4/h5-6,11-12,14H,7-10H2,1-4H3,(H,22,23). The Balaban J connectivity index is 1.63. The third kappa shape index (κ3) is 4.47. The number of imidazole rings is 1. The summed E-state index contributed by atoms with van der Waals surface area (Å²) in [6, 6.07) is 6.31. The number of ether oxygens (including phenoxy) is 1. The van der Waals surface area contributed by atoms with Crippen LogP contribution in [-0.4, -0.2) is 39.7 Å². The highest BCUT2D eigenvalue weighted by Crippen LogP contribution is 2.30. The lowest BCUT2D eigenvalue weighted by atomic mass is 9.96. The Bertz CT molecular complexity index is 787.